The van der Waals surface area contributed by atoms with Crippen LogP contribution in [-0.2, 0) is 11.2 Å². The van der Waals surface area contributed by atoms with Gasteiger partial charge in [-0.3, -0.25) is 4.79 Å². The monoisotopic (exact) mass is 514 g/mol. The third kappa shape index (κ3) is 7.35. The van der Waals surface area contributed by atoms with E-state index in [1.54, 1.807) is 37.3 Å². The maximum Gasteiger partial charge on any atom is 0.338 e. The molecule has 4 rings (SSSR count). The van der Waals surface area contributed by atoms with Gasteiger partial charge in [0.2, 0.25) is 0 Å². The number of nitrogens with one attached hydrogen (secondary N) is 3. The van der Waals surface area contributed by atoms with Crippen molar-refractivity contribution in [2.45, 2.75) is 32.6 Å². The second-order valence-electron chi connectivity index (χ2n) is 9.15. The van der Waals surface area contributed by atoms with Crippen LogP contribution < -0.4 is 20.9 Å². The van der Waals surface area contributed by atoms with Gasteiger partial charge in [0.1, 0.15) is 0 Å². The van der Waals surface area contributed by atoms with E-state index in [4.69, 9.17) is 4.74 Å². The van der Waals surface area contributed by atoms with Gasteiger partial charge in [0.15, 0.2) is 0 Å². The van der Waals surface area contributed by atoms with Crippen molar-refractivity contribution in [3.63, 3.8) is 0 Å². The molecule has 8 heteroatoms. The lowest BCUT2D eigenvalue weighted by molar-refractivity contribution is 0.0526. The molecule has 3 N–H and O–H groups in total. The Morgan fingerprint density at radius 2 is 1.53 bits per heavy atom. The highest BCUT2D eigenvalue weighted by atomic mass is 16.5. The number of carbonyl (C=O) groups is 3. The van der Waals surface area contributed by atoms with E-state index in [1.807, 2.05) is 42.5 Å². The van der Waals surface area contributed by atoms with Gasteiger partial charge in [0.05, 0.1) is 17.7 Å². The molecule has 0 spiro atoms. The van der Waals surface area contributed by atoms with Crippen molar-refractivity contribution in [1.29, 1.82) is 0 Å². The molecule has 0 unspecified atom stereocenters. The first-order valence-electron chi connectivity index (χ1n) is 13.1. The molecule has 1 aliphatic heterocycles. The minimum Gasteiger partial charge on any atom is -0.462 e. The molecule has 0 saturated carbocycles. The molecule has 0 aromatic heterocycles. The lowest BCUT2D eigenvalue weighted by Gasteiger charge is -2.30. The quantitative estimate of drug-likeness (QED) is 0.329. The summed E-state index contributed by atoms with van der Waals surface area (Å²) < 4.78 is 4.98. The van der Waals surface area contributed by atoms with Crippen LogP contribution in [0.15, 0.2) is 72.8 Å². The van der Waals surface area contributed by atoms with Crippen molar-refractivity contribution < 1.29 is 19.1 Å². The number of benzene rings is 3. The van der Waals surface area contributed by atoms with Crippen LogP contribution in [0, 0.1) is 0 Å². The van der Waals surface area contributed by atoms with Crippen LogP contribution in [0.4, 0.5) is 21.9 Å². The molecule has 1 heterocycles. The van der Waals surface area contributed by atoms with Crippen molar-refractivity contribution in [1.82, 2.24) is 5.32 Å². The van der Waals surface area contributed by atoms with Crippen LogP contribution in [-0.4, -0.2) is 44.1 Å². The molecule has 0 atom stereocenters. The number of rotatable bonds is 9. The van der Waals surface area contributed by atoms with Crippen molar-refractivity contribution >= 4 is 35.0 Å². The fourth-order valence-electron chi connectivity index (χ4n) is 4.46. The van der Waals surface area contributed by atoms with Gasteiger partial charge in [-0.25, -0.2) is 9.59 Å². The van der Waals surface area contributed by atoms with Gasteiger partial charge < -0.3 is 25.6 Å². The van der Waals surface area contributed by atoms with Gasteiger partial charge in [-0.05, 0) is 80.6 Å². The minimum absolute atomic E-state index is 0.167. The molecule has 1 aliphatic rings. The molecule has 198 valence electrons. The van der Waals surface area contributed by atoms with Crippen LogP contribution in [0.25, 0.3) is 0 Å². The van der Waals surface area contributed by atoms with Gasteiger partial charge in [-0.2, -0.15) is 0 Å². The maximum absolute atomic E-state index is 13.3. The van der Waals surface area contributed by atoms with Crippen LogP contribution >= 0.6 is 0 Å². The fraction of sp³-hybridized carbons (Fsp3) is 0.300. The normalized spacial score (nSPS) is 12.9. The van der Waals surface area contributed by atoms with Crippen molar-refractivity contribution in [2.24, 2.45) is 0 Å². The molecule has 3 amide bonds. The average molecular weight is 515 g/mol. The first-order chi connectivity index (χ1) is 18.5. The smallest absolute Gasteiger partial charge is 0.338 e. The van der Waals surface area contributed by atoms with E-state index in [-0.39, 0.29) is 5.91 Å². The standard InChI is InChI=1S/C30H34N4O4/c1-2-38-29(36)23-11-13-24(14-12-23)32-30(37)33-25-15-16-27(34-19-7-4-8-20-34)26(21-25)28(35)31-18-17-22-9-5-3-6-10-22/h3,5-6,9-16,21H,2,4,7-8,17-20H2,1H3,(H,31,35)(H2,32,33,37). The highest BCUT2D eigenvalue weighted by molar-refractivity contribution is 6.04. The van der Waals surface area contributed by atoms with Crippen LogP contribution in [0.3, 0.4) is 0 Å². The summed E-state index contributed by atoms with van der Waals surface area (Å²) in [6, 6.07) is 21.5. The molecule has 3 aromatic carbocycles. The first kappa shape index (κ1) is 26.7. The number of carbonyl (C=O) groups excluding carboxylic acids is 3. The van der Waals surface area contributed by atoms with E-state index < -0.39 is 12.0 Å². The zero-order chi connectivity index (χ0) is 26.7. The lowest BCUT2D eigenvalue weighted by Crippen LogP contribution is -2.33. The van der Waals surface area contributed by atoms with Gasteiger partial charge >= 0.3 is 12.0 Å². The zero-order valence-electron chi connectivity index (χ0n) is 21.7. The van der Waals surface area contributed by atoms with E-state index >= 15 is 0 Å². The lowest BCUT2D eigenvalue weighted by atomic mass is 10.1. The number of piperidine rings is 1. The van der Waals surface area contributed by atoms with Crippen LogP contribution in [0.1, 0.15) is 52.5 Å². The van der Waals surface area contributed by atoms with Crippen LogP contribution in [0.2, 0.25) is 0 Å². The van der Waals surface area contributed by atoms with Crippen LogP contribution in [0.5, 0.6) is 0 Å². The molecular weight excluding hydrogens is 480 g/mol. The number of urea groups is 1. The van der Waals surface area contributed by atoms with Gasteiger partial charge in [-0.1, -0.05) is 30.3 Å². The highest BCUT2D eigenvalue weighted by Gasteiger charge is 2.20. The number of hydrogen-bond acceptors (Lipinski definition) is 5. The highest BCUT2D eigenvalue weighted by Crippen LogP contribution is 2.27. The number of hydrogen-bond donors (Lipinski definition) is 3. The Morgan fingerprint density at radius 1 is 0.842 bits per heavy atom. The topological polar surface area (TPSA) is 99.8 Å². The summed E-state index contributed by atoms with van der Waals surface area (Å²) in [5.74, 6) is -0.577. The second kappa shape index (κ2) is 13.3. The second-order valence-corrected chi connectivity index (χ2v) is 9.15. The summed E-state index contributed by atoms with van der Waals surface area (Å²) >= 11 is 0. The summed E-state index contributed by atoms with van der Waals surface area (Å²) in [5, 5.41) is 8.61. The summed E-state index contributed by atoms with van der Waals surface area (Å²) in [7, 11) is 0. The molecule has 1 fully saturated rings. The molecule has 3 aromatic rings. The molecule has 1 saturated heterocycles. The summed E-state index contributed by atoms with van der Waals surface area (Å²) in [4.78, 5) is 40.0. The van der Waals surface area contributed by atoms with E-state index in [1.165, 1.54) is 6.42 Å². The third-order valence-electron chi connectivity index (χ3n) is 6.39. The molecule has 38 heavy (non-hydrogen) atoms. The number of amides is 3. The Morgan fingerprint density at radius 3 is 2.24 bits per heavy atom. The maximum atomic E-state index is 13.3. The first-order valence-corrected chi connectivity index (χ1v) is 13.1. The Balaban J connectivity index is 1.43. The molecule has 0 radical (unpaired) electrons. The Kier molecular flexibility index (Phi) is 9.34. The summed E-state index contributed by atoms with van der Waals surface area (Å²) in [6.07, 6.45) is 4.11. The molecule has 8 nitrogen and oxygen atoms in total. The molecule has 0 bridgehead atoms. The number of nitrogens with zero attached hydrogens (tertiary/aromatic N) is 1. The predicted molar refractivity (Wildman–Crippen MR) is 150 cm³/mol. The molecule has 0 aliphatic carbocycles. The van der Waals surface area contributed by atoms with E-state index in [9.17, 15) is 14.4 Å². The minimum atomic E-state index is -0.449. The Labute approximate surface area is 223 Å². The average Bonchev–Trinajstić information content (AvgIpc) is 2.94. The largest absolute Gasteiger partial charge is 0.462 e. The summed E-state index contributed by atoms with van der Waals surface area (Å²) in [6.45, 7) is 4.36. The summed E-state index contributed by atoms with van der Waals surface area (Å²) in [5.41, 5.74) is 4.03. The SMILES string of the molecule is CCOC(=O)c1ccc(NC(=O)Nc2ccc(N3CCCCC3)c(C(=O)NCCc3ccccc3)c2)cc1. The van der Waals surface area contributed by atoms with Crippen molar-refractivity contribution in [3.05, 3.63) is 89.5 Å². The van der Waals surface area contributed by atoms with E-state index in [0.29, 0.717) is 35.7 Å². The number of anilines is 3. The third-order valence-corrected chi connectivity index (χ3v) is 6.39. The van der Waals surface area contributed by atoms with E-state index in [0.717, 1.165) is 43.6 Å². The Hall–Kier alpha value is -4.33. The van der Waals surface area contributed by atoms with Gasteiger partial charge in [-0.15, -0.1) is 0 Å². The van der Waals surface area contributed by atoms with Gasteiger partial charge in [0.25, 0.3) is 5.91 Å². The number of esters is 1. The predicted octanol–water partition coefficient (Wildman–Crippen LogP) is 5.47. The molecular formula is C30H34N4O4. The van der Waals surface area contributed by atoms with E-state index in [2.05, 4.69) is 20.9 Å². The Bertz CT molecular complexity index is 1240. The fourth-order valence-corrected chi connectivity index (χ4v) is 4.46. The van der Waals surface area contributed by atoms with Crippen molar-refractivity contribution in [3.8, 4) is 0 Å². The van der Waals surface area contributed by atoms with Crippen molar-refractivity contribution in [2.75, 3.05) is 41.8 Å². The zero-order valence-corrected chi connectivity index (χ0v) is 21.7. The number of ether oxygens (including phenoxy) is 1. The van der Waals surface area contributed by atoms with Gasteiger partial charge in [0, 0.05) is 36.7 Å².